The number of hydrogen-bond acceptors (Lipinski definition) is 3. The van der Waals surface area contributed by atoms with E-state index in [-0.39, 0.29) is 5.91 Å². The minimum atomic E-state index is -0.668. The van der Waals surface area contributed by atoms with Gasteiger partial charge in [-0.05, 0) is 31.0 Å². The molecule has 0 aromatic heterocycles. The Bertz CT molecular complexity index is 512. The number of nitrogens with one attached hydrogen (secondary N) is 2. The van der Waals surface area contributed by atoms with Gasteiger partial charge in [0.05, 0.1) is 10.7 Å². The van der Waals surface area contributed by atoms with E-state index >= 15 is 0 Å². The van der Waals surface area contributed by atoms with E-state index in [1.54, 1.807) is 12.1 Å². The van der Waals surface area contributed by atoms with Crippen molar-refractivity contribution in [3.05, 3.63) is 23.2 Å². The van der Waals surface area contributed by atoms with E-state index in [2.05, 4.69) is 10.6 Å². The van der Waals surface area contributed by atoms with Crippen LogP contribution in [0.25, 0.3) is 0 Å². The topological polar surface area (TPSA) is 58.2 Å². The molecule has 1 heterocycles. The molecule has 0 bridgehead atoms. The molecule has 110 valence electrons. The number of anilines is 2. The van der Waals surface area contributed by atoms with Gasteiger partial charge in [-0.25, -0.2) is 0 Å². The molecule has 1 aliphatic heterocycles. The molecule has 0 radical (unpaired) electrons. The predicted octanol–water partition coefficient (Wildman–Crippen LogP) is 3.01. The lowest BCUT2D eigenvalue weighted by atomic mass is 10.1. The van der Waals surface area contributed by atoms with Gasteiger partial charge < -0.3 is 10.6 Å². The molecule has 6 heteroatoms. The van der Waals surface area contributed by atoms with Gasteiger partial charge in [-0.3, -0.25) is 9.00 Å². The van der Waals surface area contributed by atoms with Crippen molar-refractivity contribution in [1.29, 1.82) is 0 Å². The Morgan fingerprint density at radius 1 is 1.40 bits per heavy atom. The molecule has 4 nitrogen and oxygen atoms in total. The average Bonchev–Trinajstić information content (AvgIpc) is 2.45. The minimum Gasteiger partial charge on any atom is -0.381 e. The fourth-order valence-electron chi connectivity index (χ4n) is 2.12. The molecule has 1 aromatic carbocycles. The summed E-state index contributed by atoms with van der Waals surface area (Å²) >= 11 is 6.18. The highest BCUT2D eigenvalue weighted by molar-refractivity contribution is 7.85. The Hall–Kier alpha value is -1.07. The molecule has 2 N–H and O–H groups in total. The molecule has 20 heavy (non-hydrogen) atoms. The van der Waals surface area contributed by atoms with Crippen molar-refractivity contribution < 1.29 is 9.00 Å². The van der Waals surface area contributed by atoms with E-state index in [0.717, 1.165) is 35.7 Å². The van der Waals surface area contributed by atoms with Crippen LogP contribution < -0.4 is 10.6 Å². The first-order valence-corrected chi connectivity index (χ1v) is 8.66. The van der Waals surface area contributed by atoms with Gasteiger partial charge in [0, 0.05) is 40.5 Å². The SMILES string of the molecule is CCC(=O)Nc1ccc(Cl)c(NC2CCS(=O)CC2)c1. The van der Waals surface area contributed by atoms with Crippen LogP contribution in [-0.2, 0) is 15.6 Å². The highest BCUT2D eigenvalue weighted by Crippen LogP contribution is 2.28. The monoisotopic (exact) mass is 314 g/mol. The minimum absolute atomic E-state index is 0.0219. The molecular formula is C14H19ClN2O2S. The number of benzene rings is 1. The number of carbonyl (C=O) groups excluding carboxylic acids is 1. The Kier molecular flexibility index (Phi) is 5.43. The molecule has 1 saturated heterocycles. The zero-order valence-corrected chi connectivity index (χ0v) is 13.0. The number of hydrogen-bond donors (Lipinski definition) is 2. The zero-order valence-electron chi connectivity index (χ0n) is 11.4. The summed E-state index contributed by atoms with van der Waals surface area (Å²) in [5.74, 6) is 1.45. The fraction of sp³-hybridized carbons (Fsp3) is 0.500. The van der Waals surface area contributed by atoms with Crippen molar-refractivity contribution >= 4 is 39.7 Å². The summed E-state index contributed by atoms with van der Waals surface area (Å²) in [5, 5.41) is 6.83. The molecule has 2 rings (SSSR count). The van der Waals surface area contributed by atoms with Crippen molar-refractivity contribution in [3.63, 3.8) is 0 Å². The zero-order chi connectivity index (χ0) is 14.5. The largest absolute Gasteiger partial charge is 0.381 e. The third kappa shape index (κ3) is 4.21. The van der Waals surface area contributed by atoms with Crippen LogP contribution in [0.2, 0.25) is 5.02 Å². The van der Waals surface area contributed by atoms with E-state index in [0.29, 0.717) is 17.5 Å². The second-order valence-electron chi connectivity index (χ2n) is 4.86. The predicted molar refractivity (Wildman–Crippen MR) is 84.9 cm³/mol. The van der Waals surface area contributed by atoms with Crippen molar-refractivity contribution in [1.82, 2.24) is 0 Å². The van der Waals surface area contributed by atoms with Gasteiger partial charge in [-0.1, -0.05) is 18.5 Å². The average molecular weight is 315 g/mol. The first-order valence-electron chi connectivity index (χ1n) is 6.79. The van der Waals surface area contributed by atoms with E-state index in [1.807, 2.05) is 13.0 Å². The summed E-state index contributed by atoms with van der Waals surface area (Å²) in [5.41, 5.74) is 1.56. The smallest absolute Gasteiger partial charge is 0.224 e. The molecule has 1 fully saturated rings. The maximum absolute atomic E-state index is 11.4. The Labute approximate surface area is 126 Å². The summed E-state index contributed by atoms with van der Waals surface area (Å²) in [7, 11) is -0.668. The number of amides is 1. The number of carbonyl (C=O) groups is 1. The molecule has 0 unspecified atom stereocenters. The van der Waals surface area contributed by atoms with Crippen LogP contribution >= 0.6 is 11.6 Å². The number of rotatable bonds is 4. The van der Waals surface area contributed by atoms with Gasteiger partial charge in [0.2, 0.25) is 5.91 Å². The summed E-state index contributed by atoms with van der Waals surface area (Å²) in [6.07, 6.45) is 2.21. The van der Waals surface area contributed by atoms with Gasteiger partial charge >= 0.3 is 0 Å². The highest BCUT2D eigenvalue weighted by atomic mass is 35.5. The first kappa shape index (κ1) is 15.3. The summed E-state index contributed by atoms with van der Waals surface area (Å²) in [6.45, 7) is 1.81. The van der Waals surface area contributed by atoms with Crippen molar-refractivity contribution in [2.45, 2.75) is 32.2 Å². The quantitative estimate of drug-likeness (QED) is 0.898. The van der Waals surface area contributed by atoms with E-state index in [1.165, 1.54) is 0 Å². The van der Waals surface area contributed by atoms with Crippen LogP contribution in [0.15, 0.2) is 18.2 Å². The third-order valence-corrected chi connectivity index (χ3v) is 5.03. The van der Waals surface area contributed by atoms with Gasteiger partial charge in [-0.15, -0.1) is 0 Å². The third-order valence-electron chi connectivity index (χ3n) is 3.32. The van der Waals surface area contributed by atoms with Gasteiger partial charge in [0.1, 0.15) is 0 Å². The van der Waals surface area contributed by atoms with E-state index < -0.39 is 10.8 Å². The van der Waals surface area contributed by atoms with Gasteiger partial charge in [0.25, 0.3) is 0 Å². The lowest BCUT2D eigenvalue weighted by molar-refractivity contribution is -0.115. The van der Waals surface area contributed by atoms with E-state index in [9.17, 15) is 9.00 Å². The van der Waals surface area contributed by atoms with Crippen molar-refractivity contribution in [2.24, 2.45) is 0 Å². The lowest BCUT2D eigenvalue weighted by Crippen LogP contribution is -2.29. The molecular weight excluding hydrogens is 296 g/mol. The summed E-state index contributed by atoms with van der Waals surface area (Å²) in [6, 6.07) is 5.71. The van der Waals surface area contributed by atoms with Gasteiger partial charge in [-0.2, -0.15) is 0 Å². The van der Waals surface area contributed by atoms with Crippen molar-refractivity contribution in [2.75, 3.05) is 22.1 Å². The van der Waals surface area contributed by atoms with Crippen LogP contribution in [0.5, 0.6) is 0 Å². The lowest BCUT2D eigenvalue weighted by Gasteiger charge is -2.24. The summed E-state index contributed by atoms with van der Waals surface area (Å²) in [4.78, 5) is 11.4. The number of halogens is 1. The van der Waals surface area contributed by atoms with Crippen LogP contribution in [0.1, 0.15) is 26.2 Å². The van der Waals surface area contributed by atoms with Gasteiger partial charge in [0.15, 0.2) is 0 Å². The molecule has 1 amide bonds. The standard InChI is InChI=1S/C14H19ClN2O2S/c1-2-14(18)17-11-3-4-12(15)13(9-11)16-10-5-7-20(19)8-6-10/h3-4,9-10,16H,2,5-8H2,1H3,(H,17,18). The maximum atomic E-state index is 11.4. The second kappa shape index (κ2) is 7.09. The molecule has 0 saturated carbocycles. The van der Waals surface area contributed by atoms with Crippen molar-refractivity contribution in [3.8, 4) is 0 Å². The molecule has 1 aliphatic rings. The Balaban J connectivity index is 2.04. The summed E-state index contributed by atoms with van der Waals surface area (Å²) < 4.78 is 11.3. The molecule has 0 atom stereocenters. The highest BCUT2D eigenvalue weighted by Gasteiger charge is 2.18. The molecule has 0 spiro atoms. The first-order chi connectivity index (χ1) is 9.58. The fourth-order valence-corrected chi connectivity index (χ4v) is 3.59. The Morgan fingerprint density at radius 3 is 2.75 bits per heavy atom. The second-order valence-corrected chi connectivity index (χ2v) is 6.97. The van der Waals surface area contributed by atoms with Crippen LogP contribution in [0, 0.1) is 0 Å². The van der Waals surface area contributed by atoms with Crippen LogP contribution in [0.3, 0.4) is 0 Å². The van der Waals surface area contributed by atoms with Crippen LogP contribution in [0.4, 0.5) is 11.4 Å². The molecule has 0 aliphatic carbocycles. The van der Waals surface area contributed by atoms with Crippen LogP contribution in [-0.4, -0.2) is 27.7 Å². The van der Waals surface area contributed by atoms with E-state index in [4.69, 9.17) is 11.6 Å². The molecule has 1 aromatic rings. The maximum Gasteiger partial charge on any atom is 0.224 e. The normalized spacial score (nSPS) is 22.3. The Morgan fingerprint density at radius 2 is 2.10 bits per heavy atom.